The van der Waals surface area contributed by atoms with Crippen LogP contribution in [-0.2, 0) is 22.4 Å². The molecule has 2 heterocycles. The van der Waals surface area contributed by atoms with Crippen LogP contribution < -0.4 is 16.0 Å². The highest BCUT2D eigenvalue weighted by atomic mass is 35.5. The number of para-hydroxylation sites is 1. The van der Waals surface area contributed by atoms with Crippen LogP contribution in [0.5, 0.6) is 0 Å². The van der Waals surface area contributed by atoms with Gasteiger partial charge in [0.25, 0.3) is 0 Å². The Kier molecular flexibility index (Phi) is 11.3. The summed E-state index contributed by atoms with van der Waals surface area (Å²) in [5.41, 5.74) is 8.38. The third kappa shape index (κ3) is 8.13. The van der Waals surface area contributed by atoms with E-state index in [0.717, 1.165) is 43.4 Å². The minimum absolute atomic E-state index is 0.00690. The Morgan fingerprint density at radius 3 is 2.51 bits per heavy atom. The number of anilines is 1. The molecule has 2 aromatic carbocycles. The largest absolute Gasteiger partial charge is 0.365 e. The van der Waals surface area contributed by atoms with Crippen LogP contribution in [0.15, 0.2) is 36.4 Å². The highest BCUT2D eigenvalue weighted by Crippen LogP contribution is 2.29. The topological polar surface area (TPSA) is 81.9 Å². The number of hydrogen-bond acceptors (Lipinski definition) is 5. The lowest BCUT2D eigenvalue weighted by molar-refractivity contribution is -0.143. The third-order valence-electron chi connectivity index (χ3n) is 8.25. The summed E-state index contributed by atoms with van der Waals surface area (Å²) in [5, 5.41) is 4.35. The number of nitrogens with one attached hydrogen (secondary N) is 1. The molecule has 0 bridgehead atoms. The first-order valence-corrected chi connectivity index (χ1v) is 15.5. The Hall–Kier alpha value is -2.39. The Balaban J connectivity index is 1.42. The second-order valence-electron chi connectivity index (χ2n) is 11.3. The molecular weight excluding hydrogens is 564 g/mol. The van der Waals surface area contributed by atoms with Gasteiger partial charge in [0.2, 0.25) is 11.8 Å². The molecule has 10 heteroatoms. The number of carbonyl (C=O) groups excluding carboxylic acids is 2. The third-order valence-corrected chi connectivity index (χ3v) is 8.84. The van der Waals surface area contributed by atoms with Crippen molar-refractivity contribution in [2.24, 2.45) is 11.7 Å². The quantitative estimate of drug-likeness (QED) is 0.337. The van der Waals surface area contributed by atoms with Crippen molar-refractivity contribution < 1.29 is 14.0 Å². The van der Waals surface area contributed by atoms with E-state index in [-0.39, 0.29) is 23.8 Å². The zero-order valence-electron chi connectivity index (χ0n) is 24.1. The number of halogens is 3. The summed E-state index contributed by atoms with van der Waals surface area (Å²) in [6, 6.07) is 9.87. The number of carbonyl (C=O) groups is 2. The second kappa shape index (κ2) is 14.7. The molecule has 2 aromatic rings. The molecule has 0 radical (unpaired) electrons. The van der Waals surface area contributed by atoms with E-state index in [1.807, 2.05) is 17.0 Å². The van der Waals surface area contributed by atoms with E-state index in [9.17, 15) is 9.59 Å². The van der Waals surface area contributed by atoms with E-state index in [1.54, 1.807) is 23.1 Å². The first kappa shape index (κ1) is 31.5. The average molecular weight is 607 g/mol. The molecule has 3 unspecified atom stereocenters. The lowest BCUT2D eigenvalue weighted by Gasteiger charge is -2.40. The maximum Gasteiger partial charge on any atom is 0.245 e. The molecule has 3 atom stereocenters. The van der Waals surface area contributed by atoms with Gasteiger partial charge in [0.15, 0.2) is 0 Å². The fraction of sp³-hybridized carbons (Fsp3) is 0.548. The number of nitrogens with zero attached hydrogens (tertiary/aromatic N) is 3. The molecule has 0 saturated carbocycles. The molecule has 0 aliphatic carbocycles. The predicted molar refractivity (Wildman–Crippen MR) is 164 cm³/mol. The van der Waals surface area contributed by atoms with Crippen molar-refractivity contribution in [1.82, 2.24) is 15.1 Å². The van der Waals surface area contributed by atoms with Gasteiger partial charge >= 0.3 is 0 Å². The molecule has 3 N–H and O–H groups in total. The Bertz CT molecular complexity index is 1210. The Morgan fingerprint density at radius 2 is 1.85 bits per heavy atom. The van der Waals surface area contributed by atoms with Crippen LogP contribution in [0, 0.1) is 11.7 Å². The lowest BCUT2D eigenvalue weighted by Crippen LogP contribution is -2.56. The molecule has 41 heavy (non-hydrogen) atoms. The second-order valence-corrected chi connectivity index (χ2v) is 12.1. The van der Waals surface area contributed by atoms with E-state index in [1.165, 1.54) is 6.07 Å². The van der Waals surface area contributed by atoms with Crippen LogP contribution >= 0.6 is 23.2 Å². The number of rotatable bonds is 12. The molecule has 2 aliphatic rings. The SMILES string of the molecule is CCC(N)NCC(C)CCc1cccc(F)c1N1CCN(C(=O)C(Cc2ccc(Cl)cc2Cl)N2CCCC2=O)CC1. The monoisotopic (exact) mass is 605 g/mol. The standard InChI is InChI=1S/C31H42Cl2FN5O2/c1-3-28(35)36-20-21(2)9-10-22-6-4-7-26(34)30(22)37-14-16-38(17-15-37)31(41)27(39-13-5-8-29(39)40)18-23-11-12-24(32)19-25(23)33/h4,6-7,11-12,19,21,27-28,36H,3,5,8-10,13-18,20,35H2,1-2H3. The van der Waals surface area contributed by atoms with Gasteiger partial charge in [-0.3, -0.25) is 9.59 Å². The van der Waals surface area contributed by atoms with Crippen molar-refractivity contribution in [3.8, 4) is 0 Å². The minimum atomic E-state index is -0.629. The van der Waals surface area contributed by atoms with Crippen molar-refractivity contribution in [2.45, 2.75) is 64.6 Å². The molecule has 0 spiro atoms. The molecule has 4 rings (SSSR count). The van der Waals surface area contributed by atoms with E-state index in [4.69, 9.17) is 28.9 Å². The van der Waals surface area contributed by atoms with Crippen molar-refractivity contribution in [1.29, 1.82) is 0 Å². The highest BCUT2D eigenvalue weighted by molar-refractivity contribution is 6.35. The van der Waals surface area contributed by atoms with Crippen molar-refractivity contribution in [3.63, 3.8) is 0 Å². The van der Waals surface area contributed by atoms with Crippen LogP contribution in [0.2, 0.25) is 10.0 Å². The van der Waals surface area contributed by atoms with Crippen LogP contribution in [-0.4, -0.2) is 73.1 Å². The maximum atomic E-state index is 15.2. The lowest BCUT2D eigenvalue weighted by atomic mass is 9.98. The maximum absolute atomic E-state index is 15.2. The average Bonchev–Trinajstić information content (AvgIpc) is 3.39. The van der Waals surface area contributed by atoms with Gasteiger partial charge in [-0.1, -0.05) is 55.2 Å². The number of aryl methyl sites for hydroxylation is 1. The van der Waals surface area contributed by atoms with Crippen LogP contribution in [0.1, 0.15) is 50.7 Å². The summed E-state index contributed by atoms with van der Waals surface area (Å²) in [5.74, 6) is 0.0620. The number of benzene rings is 2. The van der Waals surface area contributed by atoms with Gasteiger partial charge in [-0.25, -0.2) is 4.39 Å². The number of amides is 2. The molecular formula is C31H42Cl2FN5O2. The van der Waals surface area contributed by atoms with E-state index >= 15 is 4.39 Å². The van der Waals surface area contributed by atoms with Gasteiger partial charge < -0.3 is 25.8 Å². The smallest absolute Gasteiger partial charge is 0.245 e. The predicted octanol–water partition coefficient (Wildman–Crippen LogP) is 4.87. The summed E-state index contributed by atoms with van der Waals surface area (Å²) in [6.45, 7) is 7.55. The van der Waals surface area contributed by atoms with Crippen LogP contribution in [0.25, 0.3) is 0 Å². The fourth-order valence-corrected chi connectivity index (χ4v) is 6.19. The molecule has 7 nitrogen and oxygen atoms in total. The number of piperazine rings is 1. The van der Waals surface area contributed by atoms with E-state index in [0.29, 0.717) is 67.2 Å². The zero-order valence-corrected chi connectivity index (χ0v) is 25.6. The van der Waals surface area contributed by atoms with Gasteiger partial charge in [-0.2, -0.15) is 0 Å². The first-order chi connectivity index (χ1) is 19.7. The molecule has 2 fully saturated rings. The normalized spacial score (nSPS) is 18.1. The molecule has 0 aromatic heterocycles. The van der Waals surface area contributed by atoms with Gasteiger partial charge in [0.1, 0.15) is 11.9 Å². The summed E-state index contributed by atoms with van der Waals surface area (Å²) in [4.78, 5) is 32.1. The summed E-state index contributed by atoms with van der Waals surface area (Å²) in [6.07, 6.45) is 4.05. The summed E-state index contributed by atoms with van der Waals surface area (Å²) >= 11 is 12.5. The van der Waals surface area contributed by atoms with Crippen molar-refractivity contribution in [2.75, 3.05) is 44.2 Å². The molecule has 2 saturated heterocycles. The van der Waals surface area contributed by atoms with Crippen molar-refractivity contribution >= 4 is 40.7 Å². The van der Waals surface area contributed by atoms with E-state index < -0.39 is 6.04 Å². The minimum Gasteiger partial charge on any atom is -0.365 e. The summed E-state index contributed by atoms with van der Waals surface area (Å²) < 4.78 is 15.2. The molecule has 2 aliphatic heterocycles. The number of likely N-dealkylation sites (tertiary alicyclic amines) is 1. The Labute approximate surface area is 253 Å². The Morgan fingerprint density at radius 1 is 1.10 bits per heavy atom. The zero-order chi connectivity index (χ0) is 29.5. The molecule has 224 valence electrons. The van der Waals surface area contributed by atoms with Crippen LogP contribution in [0.4, 0.5) is 10.1 Å². The van der Waals surface area contributed by atoms with E-state index in [2.05, 4.69) is 24.1 Å². The van der Waals surface area contributed by atoms with Gasteiger partial charge in [-0.05, 0) is 67.5 Å². The molecule has 2 amide bonds. The van der Waals surface area contributed by atoms with Gasteiger partial charge in [0, 0.05) is 55.6 Å². The first-order valence-electron chi connectivity index (χ1n) is 14.7. The highest BCUT2D eigenvalue weighted by Gasteiger charge is 2.37. The number of hydrogen-bond donors (Lipinski definition) is 2. The van der Waals surface area contributed by atoms with Gasteiger partial charge in [0.05, 0.1) is 11.9 Å². The summed E-state index contributed by atoms with van der Waals surface area (Å²) in [7, 11) is 0. The van der Waals surface area contributed by atoms with Crippen LogP contribution in [0.3, 0.4) is 0 Å². The van der Waals surface area contributed by atoms with Crippen molar-refractivity contribution in [3.05, 3.63) is 63.4 Å². The fourth-order valence-electron chi connectivity index (χ4n) is 5.70. The van der Waals surface area contributed by atoms with Gasteiger partial charge in [-0.15, -0.1) is 0 Å². The number of nitrogens with two attached hydrogens (primary N) is 1.